The van der Waals surface area contributed by atoms with Crippen molar-refractivity contribution < 1.29 is 0 Å². The highest BCUT2D eigenvalue weighted by molar-refractivity contribution is 9.10. The Labute approximate surface area is 126 Å². The number of hydrogen-bond donors (Lipinski definition) is 2. The average Bonchev–Trinajstić information content (AvgIpc) is 2.42. The summed E-state index contributed by atoms with van der Waals surface area (Å²) in [5.41, 5.74) is 10.7. The van der Waals surface area contributed by atoms with Gasteiger partial charge in [-0.05, 0) is 42.8 Å². The van der Waals surface area contributed by atoms with Crippen LogP contribution >= 0.6 is 15.9 Å². The monoisotopic (exact) mass is 327 g/mol. The Morgan fingerprint density at radius 3 is 2.80 bits per heavy atom. The third kappa shape index (κ3) is 2.47. The number of fused-ring (bicyclic) bond motifs is 1. The first-order valence-electron chi connectivity index (χ1n) is 6.31. The number of benzene rings is 2. The minimum atomic E-state index is 0.636. The first kappa shape index (κ1) is 12.9. The van der Waals surface area contributed by atoms with Crippen LogP contribution in [0, 0.1) is 6.92 Å². The number of nitrogens with one attached hydrogen (secondary N) is 1. The Kier molecular flexibility index (Phi) is 3.32. The molecule has 20 heavy (non-hydrogen) atoms. The molecule has 3 rings (SSSR count). The summed E-state index contributed by atoms with van der Waals surface area (Å²) in [5.74, 6) is 0. The molecule has 0 unspecified atom stereocenters. The highest BCUT2D eigenvalue weighted by Gasteiger charge is 2.07. The molecule has 0 radical (unpaired) electrons. The lowest BCUT2D eigenvalue weighted by atomic mass is 10.1. The quantitative estimate of drug-likeness (QED) is 0.721. The van der Waals surface area contributed by atoms with Crippen molar-refractivity contribution in [2.24, 2.45) is 0 Å². The van der Waals surface area contributed by atoms with E-state index in [2.05, 4.69) is 45.3 Å². The third-order valence-electron chi connectivity index (χ3n) is 3.15. The highest BCUT2D eigenvalue weighted by atomic mass is 79.9. The van der Waals surface area contributed by atoms with Gasteiger partial charge in [0.15, 0.2) is 0 Å². The summed E-state index contributed by atoms with van der Waals surface area (Å²) in [5, 5.41) is 4.40. The minimum Gasteiger partial charge on any atom is -0.396 e. The maximum absolute atomic E-state index is 6.08. The lowest BCUT2D eigenvalue weighted by Gasteiger charge is -2.13. The summed E-state index contributed by atoms with van der Waals surface area (Å²) in [6.07, 6.45) is 1.69. The van der Waals surface area contributed by atoms with Crippen molar-refractivity contribution in [1.29, 1.82) is 0 Å². The predicted octanol–water partition coefficient (Wildman–Crippen LogP) is 4.63. The van der Waals surface area contributed by atoms with Crippen molar-refractivity contribution >= 4 is 43.9 Å². The Hall–Kier alpha value is -2.07. The molecule has 4 heteroatoms. The van der Waals surface area contributed by atoms with Crippen LogP contribution in [0.3, 0.4) is 0 Å². The number of anilines is 3. The largest absolute Gasteiger partial charge is 0.396 e. The zero-order valence-electron chi connectivity index (χ0n) is 11.0. The van der Waals surface area contributed by atoms with Gasteiger partial charge in [-0.25, -0.2) is 0 Å². The Morgan fingerprint density at radius 2 is 2.00 bits per heavy atom. The molecule has 100 valence electrons. The zero-order valence-corrected chi connectivity index (χ0v) is 12.6. The van der Waals surface area contributed by atoms with Crippen molar-refractivity contribution in [1.82, 2.24) is 4.98 Å². The minimum absolute atomic E-state index is 0.636. The number of rotatable bonds is 2. The normalized spacial score (nSPS) is 10.7. The second-order valence-corrected chi connectivity index (χ2v) is 5.66. The van der Waals surface area contributed by atoms with Gasteiger partial charge in [0.2, 0.25) is 0 Å². The van der Waals surface area contributed by atoms with Crippen LogP contribution in [0.2, 0.25) is 0 Å². The molecule has 0 fully saturated rings. The second kappa shape index (κ2) is 5.13. The lowest BCUT2D eigenvalue weighted by Crippen LogP contribution is -1.99. The van der Waals surface area contributed by atoms with Gasteiger partial charge in [-0.1, -0.05) is 28.1 Å². The Balaban J connectivity index is 2.14. The molecule has 0 saturated carbocycles. The predicted molar refractivity (Wildman–Crippen MR) is 88.3 cm³/mol. The number of nitrogen functional groups attached to an aromatic ring is 1. The summed E-state index contributed by atoms with van der Waals surface area (Å²) >= 11 is 3.49. The van der Waals surface area contributed by atoms with E-state index in [1.807, 2.05) is 30.3 Å². The van der Waals surface area contributed by atoms with E-state index in [0.29, 0.717) is 5.69 Å². The molecule has 3 N–H and O–H groups in total. The maximum atomic E-state index is 6.08. The van der Waals surface area contributed by atoms with Gasteiger partial charge in [0, 0.05) is 15.5 Å². The smallest absolute Gasteiger partial charge is 0.0746 e. The van der Waals surface area contributed by atoms with Gasteiger partial charge in [-0.2, -0.15) is 0 Å². The van der Waals surface area contributed by atoms with Gasteiger partial charge in [0.25, 0.3) is 0 Å². The molecule has 0 aliphatic heterocycles. The number of pyridine rings is 1. The molecular formula is C16H14BrN3. The number of halogens is 1. The summed E-state index contributed by atoms with van der Waals surface area (Å²) in [6.45, 7) is 2.07. The summed E-state index contributed by atoms with van der Waals surface area (Å²) in [7, 11) is 0. The molecule has 0 saturated heterocycles. The van der Waals surface area contributed by atoms with E-state index < -0.39 is 0 Å². The van der Waals surface area contributed by atoms with Crippen molar-refractivity contribution in [3.8, 4) is 0 Å². The van der Waals surface area contributed by atoms with Gasteiger partial charge < -0.3 is 11.1 Å². The maximum Gasteiger partial charge on any atom is 0.0746 e. The molecule has 1 heterocycles. The van der Waals surface area contributed by atoms with E-state index in [1.165, 1.54) is 5.56 Å². The Bertz CT molecular complexity index is 779. The van der Waals surface area contributed by atoms with Gasteiger partial charge in [0.05, 0.1) is 23.1 Å². The molecule has 1 aromatic heterocycles. The number of aromatic nitrogens is 1. The fraction of sp³-hybridized carbons (Fsp3) is 0.0625. The first-order valence-corrected chi connectivity index (χ1v) is 7.10. The first-order chi connectivity index (χ1) is 9.63. The molecular weight excluding hydrogens is 314 g/mol. The number of hydrogen-bond acceptors (Lipinski definition) is 3. The highest BCUT2D eigenvalue weighted by Crippen LogP contribution is 2.32. The van der Waals surface area contributed by atoms with E-state index >= 15 is 0 Å². The van der Waals surface area contributed by atoms with E-state index in [0.717, 1.165) is 26.8 Å². The zero-order chi connectivity index (χ0) is 14.1. The molecule has 0 bridgehead atoms. The van der Waals surface area contributed by atoms with Crippen LogP contribution in [0.25, 0.3) is 10.9 Å². The fourth-order valence-corrected chi connectivity index (χ4v) is 2.55. The molecule has 2 aromatic carbocycles. The van der Waals surface area contributed by atoms with E-state index in [4.69, 9.17) is 5.73 Å². The standard InChI is InChI=1S/C16H14BrN3/c1-10-3-2-4-12(7-10)20-16-13-8-11(17)5-6-15(13)19-9-14(16)18/h2-9H,18H2,1H3,(H,19,20). The molecule has 0 aliphatic rings. The van der Waals surface area contributed by atoms with Crippen LogP contribution in [-0.2, 0) is 0 Å². The van der Waals surface area contributed by atoms with Crippen molar-refractivity contribution in [2.75, 3.05) is 11.1 Å². The fourth-order valence-electron chi connectivity index (χ4n) is 2.19. The van der Waals surface area contributed by atoms with E-state index in [-0.39, 0.29) is 0 Å². The van der Waals surface area contributed by atoms with Crippen LogP contribution in [0.15, 0.2) is 53.1 Å². The summed E-state index contributed by atoms with van der Waals surface area (Å²) in [6, 6.07) is 14.2. The van der Waals surface area contributed by atoms with Gasteiger partial charge in [-0.3, -0.25) is 4.98 Å². The second-order valence-electron chi connectivity index (χ2n) is 4.74. The molecule has 0 atom stereocenters. The van der Waals surface area contributed by atoms with Crippen molar-refractivity contribution in [3.63, 3.8) is 0 Å². The number of nitrogens with two attached hydrogens (primary N) is 1. The van der Waals surface area contributed by atoms with Gasteiger partial charge in [0.1, 0.15) is 0 Å². The molecule has 3 nitrogen and oxygen atoms in total. The topological polar surface area (TPSA) is 50.9 Å². The third-order valence-corrected chi connectivity index (χ3v) is 3.64. The van der Waals surface area contributed by atoms with Crippen LogP contribution in [0.5, 0.6) is 0 Å². The van der Waals surface area contributed by atoms with Crippen LogP contribution in [-0.4, -0.2) is 4.98 Å². The van der Waals surface area contributed by atoms with E-state index in [1.54, 1.807) is 6.20 Å². The van der Waals surface area contributed by atoms with E-state index in [9.17, 15) is 0 Å². The molecule has 0 aliphatic carbocycles. The van der Waals surface area contributed by atoms with Crippen molar-refractivity contribution in [2.45, 2.75) is 6.92 Å². The molecule has 0 amide bonds. The van der Waals surface area contributed by atoms with Crippen LogP contribution in [0.4, 0.5) is 17.1 Å². The SMILES string of the molecule is Cc1cccc(Nc2c(N)cnc3ccc(Br)cc23)c1. The van der Waals surface area contributed by atoms with Crippen LogP contribution < -0.4 is 11.1 Å². The van der Waals surface area contributed by atoms with Crippen molar-refractivity contribution in [3.05, 3.63) is 58.7 Å². The summed E-state index contributed by atoms with van der Waals surface area (Å²) in [4.78, 5) is 4.36. The van der Waals surface area contributed by atoms with Gasteiger partial charge >= 0.3 is 0 Å². The average molecular weight is 328 g/mol. The number of aryl methyl sites for hydroxylation is 1. The number of nitrogens with zero attached hydrogens (tertiary/aromatic N) is 1. The van der Waals surface area contributed by atoms with Crippen LogP contribution in [0.1, 0.15) is 5.56 Å². The van der Waals surface area contributed by atoms with Gasteiger partial charge in [-0.15, -0.1) is 0 Å². The lowest BCUT2D eigenvalue weighted by molar-refractivity contribution is 1.40. The molecule has 0 spiro atoms. The Morgan fingerprint density at radius 1 is 1.15 bits per heavy atom. The summed E-state index contributed by atoms with van der Waals surface area (Å²) < 4.78 is 1.00. The molecule has 3 aromatic rings.